The number of ether oxygens (including phenoxy) is 2. The molecule has 2 N–H and O–H groups in total. The highest BCUT2D eigenvalue weighted by molar-refractivity contribution is 7.99. The fourth-order valence-electron chi connectivity index (χ4n) is 3.26. The van der Waals surface area contributed by atoms with Gasteiger partial charge in [0.05, 0.1) is 11.4 Å². The first-order chi connectivity index (χ1) is 15.5. The van der Waals surface area contributed by atoms with Crippen molar-refractivity contribution in [3.8, 4) is 11.5 Å². The van der Waals surface area contributed by atoms with Gasteiger partial charge in [-0.2, -0.15) is 5.10 Å². The van der Waals surface area contributed by atoms with E-state index in [0.717, 1.165) is 27.3 Å². The number of carboxylic acid groups (broad SMARTS) is 1. The number of carboxylic acids is 1. The molecule has 1 heterocycles. The zero-order valence-electron chi connectivity index (χ0n) is 18.1. The summed E-state index contributed by atoms with van der Waals surface area (Å²) < 4.78 is 46.9. The van der Waals surface area contributed by atoms with Crippen molar-refractivity contribution >= 4 is 17.7 Å². The van der Waals surface area contributed by atoms with E-state index in [-0.39, 0.29) is 16.9 Å². The third-order valence-corrected chi connectivity index (χ3v) is 6.02. The minimum absolute atomic E-state index is 0.159. The van der Waals surface area contributed by atoms with Gasteiger partial charge in [-0.3, -0.25) is 5.10 Å². The molecule has 10 heteroatoms. The van der Waals surface area contributed by atoms with Gasteiger partial charge in [0.2, 0.25) is 0 Å². The number of aromatic nitrogens is 2. The highest BCUT2D eigenvalue weighted by Gasteiger charge is 2.31. The van der Waals surface area contributed by atoms with Gasteiger partial charge in [0, 0.05) is 16.2 Å². The van der Waals surface area contributed by atoms with Gasteiger partial charge in [0.1, 0.15) is 11.5 Å². The van der Waals surface area contributed by atoms with Crippen LogP contribution in [-0.4, -0.2) is 34.2 Å². The van der Waals surface area contributed by atoms with E-state index in [1.807, 2.05) is 32.9 Å². The molecule has 33 heavy (non-hydrogen) atoms. The lowest BCUT2D eigenvalue weighted by molar-refractivity contribution is -0.274. The van der Waals surface area contributed by atoms with Gasteiger partial charge in [0.25, 0.3) is 0 Å². The average molecular weight is 481 g/mol. The summed E-state index contributed by atoms with van der Waals surface area (Å²) in [7, 11) is 0. The van der Waals surface area contributed by atoms with Gasteiger partial charge in [-0.25, -0.2) is 4.79 Å². The number of aliphatic carboxylic acids is 1. The maximum atomic E-state index is 12.5. The highest BCUT2D eigenvalue weighted by atomic mass is 32.2. The van der Waals surface area contributed by atoms with Gasteiger partial charge in [-0.05, 0) is 54.3 Å². The van der Waals surface area contributed by atoms with Crippen LogP contribution in [0.1, 0.15) is 47.4 Å². The minimum Gasteiger partial charge on any atom is -0.482 e. The first-order valence-corrected chi connectivity index (χ1v) is 10.9. The first-order valence-electron chi connectivity index (χ1n) is 10.0. The van der Waals surface area contributed by atoms with Gasteiger partial charge in [-0.15, -0.1) is 24.9 Å². The van der Waals surface area contributed by atoms with Crippen molar-refractivity contribution in [2.75, 3.05) is 6.61 Å². The molecule has 0 saturated carbocycles. The zero-order valence-corrected chi connectivity index (χ0v) is 19.0. The molecule has 0 bridgehead atoms. The van der Waals surface area contributed by atoms with Crippen LogP contribution in [-0.2, 0) is 4.79 Å². The van der Waals surface area contributed by atoms with Gasteiger partial charge < -0.3 is 14.6 Å². The van der Waals surface area contributed by atoms with Gasteiger partial charge >= 0.3 is 12.3 Å². The van der Waals surface area contributed by atoms with Crippen LogP contribution in [0.4, 0.5) is 13.2 Å². The molecule has 0 spiro atoms. The SMILES string of the molecule is Cc1cc(SC(c2ccc(OC(F)(F)F)cc2)c2cn[nH]c2C(C)C)ccc1OCC(=O)O. The number of carbonyl (C=O) groups is 1. The van der Waals surface area contributed by atoms with Crippen LogP contribution in [0.15, 0.2) is 53.6 Å². The predicted octanol–water partition coefficient (Wildman–Crippen LogP) is 6.09. The molecule has 0 amide bonds. The van der Waals surface area contributed by atoms with Crippen molar-refractivity contribution in [1.29, 1.82) is 0 Å². The molecule has 0 aliphatic rings. The maximum absolute atomic E-state index is 12.5. The number of hydrogen-bond donors (Lipinski definition) is 2. The number of H-pyrrole nitrogens is 1. The molecular weight excluding hydrogens is 457 g/mol. The molecule has 0 radical (unpaired) electrons. The Kier molecular flexibility index (Phi) is 7.57. The van der Waals surface area contributed by atoms with Crippen LogP contribution >= 0.6 is 11.8 Å². The molecule has 3 aromatic rings. The number of aromatic amines is 1. The van der Waals surface area contributed by atoms with Crippen molar-refractivity contribution in [3.63, 3.8) is 0 Å². The van der Waals surface area contributed by atoms with E-state index in [9.17, 15) is 18.0 Å². The average Bonchev–Trinajstić information content (AvgIpc) is 3.21. The second-order valence-electron chi connectivity index (χ2n) is 7.62. The van der Waals surface area contributed by atoms with E-state index >= 15 is 0 Å². The summed E-state index contributed by atoms with van der Waals surface area (Å²) in [6.07, 6.45) is -3.03. The second-order valence-corrected chi connectivity index (χ2v) is 8.80. The van der Waals surface area contributed by atoms with Crippen molar-refractivity contribution in [2.45, 2.75) is 43.2 Å². The van der Waals surface area contributed by atoms with Gasteiger partial charge in [-0.1, -0.05) is 26.0 Å². The van der Waals surface area contributed by atoms with Crippen LogP contribution in [0.2, 0.25) is 0 Å². The van der Waals surface area contributed by atoms with Crippen LogP contribution in [0.25, 0.3) is 0 Å². The highest BCUT2D eigenvalue weighted by Crippen LogP contribution is 2.44. The lowest BCUT2D eigenvalue weighted by Crippen LogP contribution is -2.17. The summed E-state index contributed by atoms with van der Waals surface area (Å²) >= 11 is 1.50. The smallest absolute Gasteiger partial charge is 0.482 e. The first kappa shape index (κ1) is 24.5. The number of hydrogen-bond acceptors (Lipinski definition) is 5. The molecule has 3 rings (SSSR count). The van der Waals surface area contributed by atoms with Crippen molar-refractivity contribution in [3.05, 3.63) is 71.0 Å². The molecule has 0 saturated heterocycles. The summed E-state index contributed by atoms with van der Waals surface area (Å²) in [6, 6.07) is 11.2. The predicted molar refractivity (Wildman–Crippen MR) is 118 cm³/mol. The molecule has 176 valence electrons. The summed E-state index contributed by atoms with van der Waals surface area (Å²) in [6.45, 7) is 5.43. The normalized spacial score (nSPS) is 12.6. The third kappa shape index (κ3) is 6.67. The van der Waals surface area contributed by atoms with Crippen molar-refractivity contribution < 1.29 is 32.5 Å². The monoisotopic (exact) mass is 480 g/mol. The standard InChI is InChI=1S/C23H23F3N2O4S/c1-13(2)21-18(11-27-28-21)22(15-4-6-16(7-5-15)32-23(24,25)26)33-17-8-9-19(14(3)10-17)31-12-20(29)30/h4-11,13,22H,12H2,1-3H3,(H,27,28)(H,29,30). The van der Waals surface area contributed by atoms with Crippen molar-refractivity contribution in [2.24, 2.45) is 0 Å². The van der Waals surface area contributed by atoms with Crippen LogP contribution < -0.4 is 9.47 Å². The fraction of sp³-hybridized carbons (Fsp3) is 0.304. The lowest BCUT2D eigenvalue weighted by atomic mass is 9.99. The van der Waals surface area contributed by atoms with Crippen molar-refractivity contribution in [1.82, 2.24) is 10.2 Å². The molecule has 1 atom stereocenters. The number of halogens is 3. The number of aryl methyl sites for hydroxylation is 1. The Labute approximate surface area is 193 Å². The molecule has 0 aliphatic carbocycles. The number of rotatable bonds is 9. The quantitative estimate of drug-likeness (QED) is 0.361. The number of benzene rings is 2. The Hall–Kier alpha value is -3.14. The second kappa shape index (κ2) is 10.2. The van der Waals surface area contributed by atoms with Crippen LogP contribution in [0, 0.1) is 6.92 Å². The summed E-state index contributed by atoms with van der Waals surface area (Å²) in [5.74, 6) is -0.723. The molecule has 6 nitrogen and oxygen atoms in total. The van der Waals surface area contributed by atoms with Gasteiger partial charge in [0.15, 0.2) is 6.61 Å². The Morgan fingerprint density at radius 3 is 2.45 bits per heavy atom. The maximum Gasteiger partial charge on any atom is 0.573 e. The molecule has 0 fully saturated rings. The van der Waals surface area contributed by atoms with E-state index in [2.05, 4.69) is 14.9 Å². The molecule has 1 unspecified atom stereocenters. The van der Waals surface area contributed by atoms with Crippen LogP contribution in [0.5, 0.6) is 11.5 Å². The third-order valence-electron chi connectivity index (χ3n) is 4.73. The number of alkyl halides is 3. The molecule has 2 aromatic carbocycles. The molecule has 1 aromatic heterocycles. The summed E-state index contributed by atoms with van der Waals surface area (Å²) in [5.41, 5.74) is 3.40. The Bertz CT molecular complexity index is 1100. The Balaban J connectivity index is 1.92. The Morgan fingerprint density at radius 1 is 1.18 bits per heavy atom. The van der Waals surface area contributed by atoms with E-state index < -0.39 is 18.9 Å². The molecular formula is C23H23F3N2O4S. The largest absolute Gasteiger partial charge is 0.573 e. The topological polar surface area (TPSA) is 84.4 Å². The van der Waals surface area contributed by atoms with E-state index in [1.54, 1.807) is 24.4 Å². The van der Waals surface area contributed by atoms with Crippen LogP contribution in [0.3, 0.4) is 0 Å². The van der Waals surface area contributed by atoms with E-state index in [1.165, 1.54) is 23.9 Å². The fourth-order valence-corrected chi connectivity index (χ4v) is 4.54. The molecule has 0 aliphatic heterocycles. The number of nitrogens with zero attached hydrogens (tertiary/aromatic N) is 1. The zero-order chi connectivity index (χ0) is 24.2. The lowest BCUT2D eigenvalue weighted by Gasteiger charge is -2.20. The summed E-state index contributed by atoms with van der Waals surface area (Å²) in [4.78, 5) is 11.6. The van der Waals surface area contributed by atoms with E-state index in [4.69, 9.17) is 9.84 Å². The minimum atomic E-state index is -4.76. The number of thioether (sulfide) groups is 1. The van der Waals surface area contributed by atoms with E-state index in [0.29, 0.717) is 5.75 Å². The Morgan fingerprint density at radius 2 is 1.88 bits per heavy atom. The number of nitrogens with one attached hydrogen (secondary N) is 1. The summed E-state index contributed by atoms with van der Waals surface area (Å²) in [5, 5.41) is 15.8.